The first-order valence-electron chi connectivity index (χ1n) is 5.63. The number of benzene rings is 1. The number of carbonyl (C=O) groups is 1. The Morgan fingerprint density at radius 3 is 2.67 bits per heavy atom. The zero-order chi connectivity index (χ0) is 13.3. The van der Waals surface area contributed by atoms with E-state index in [4.69, 9.17) is 0 Å². The van der Waals surface area contributed by atoms with Gasteiger partial charge in [-0.2, -0.15) is 0 Å². The zero-order valence-electron chi connectivity index (χ0n) is 9.84. The van der Waals surface area contributed by atoms with Crippen molar-refractivity contribution >= 4 is 5.91 Å². The van der Waals surface area contributed by atoms with Crippen LogP contribution in [0, 0.1) is 17.5 Å². The van der Waals surface area contributed by atoms with Crippen molar-refractivity contribution in [2.24, 2.45) is 0 Å². The fraction of sp³-hybridized carbons (Fsp3) is 0.417. The largest absolute Gasteiger partial charge is 0.337 e. The van der Waals surface area contributed by atoms with Crippen LogP contribution in [0.25, 0.3) is 0 Å². The predicted molar refractivity (Wildman–Crippen MR) is 59.7 cm³/mol. The first-order chi connectivity index (χ1) is 8.52. The highest BCUT2D eigenvalue weighted by Crippen LogP contribution is 2.18. The van der Waals surface area contributed by atoms with Gasteiger partial charge in [0.25, 0.3) is 5.91 Å². The van der Waals surface area contributed by atoms with Crippen LogP contribution in [0.4, 0.5) is 13.2 Å². The normalized spacial score (nSPS) is 19.0. The van der Waals surface area contributed by atoms with Crippen LogP contribution < -0.4 is 5.32 Å². The molecule has 1 aliphatic heterocycles. The second kappa shape index (κ2) is 4.97. The molecule has 0 saturated carbocycles. The smallest absolute Gasteiger partial charge is 0.256 e. The third-order valence-corrected chi connectivity index (χ3v) is 3.17. The Kier molecular flexibility index (Phi) is 3.56. The van der Waals surface area contributed by atoms with E-state index in [-0.39, 0.29) is 6.04 Å². The minimum atomic E-state index is -1.61. The van der Waals surface area contributed by atoms with Crippen molar-refractivity contribution in [3.8, 4) is 0 Å². The van der Waals surface area contributed by atoms with Gasteiger partial charge in [0.2, 0.25) is 0 Å². The second-order valence-electron chi connectivity index (χ2n) is 4.29. The van der Waals surface area contributed by atoms with Crippen LogP contribution in [0.3, 0.4) is 0 Å². The van der Waals surface area contributed by atoms with Gasteiger partial charge in [-0.25, -0.2) is 13.2 Å². The number of halogens is 3. The molecule has 18 heavy (non-hydrogen) atoms. The Balaban J connectivity index is 2.25. The van der Waals surface area contributed by atoms with Crippen molar-refractivity contribution < 1.29 is 18.0 Å². The van der Waals surface area contributed by atoms with Gasteiger partial charge >= 0.3 is 0 Å². The average molecular weight is 258 g/mol. The van der Waals surface area contributed by atoms with Gasteiger partial charge in [0, 0.05) is 19.6 Å². The summed E-state index contributed by atoms with van der Waals surface area (Å²) in [5.74, 6) is -4.98. The molecule has 0 radical (unpaired) electrons. The molecule has 6 heteroatoms. The molecule has 0 aliphatic carbocycles. The van der Waals surface area contributed by atoms with Crippen LogP contribution in [0.2, 0.25) is 0 Å². The lowest BCUT2D eigenvalue weighted by atomic mass is 10.1. The summed E-state index contributed by atoms with van der Waals surface area (Å²) in [6, 6.07) is 1.67. The SMILES string of the molecule is CN(C(=O)c1ccc(F)c(F)c1F)C1CCNC1. The lowest BCUT2D eigenvalue weighted by Gasteiger charge is -2.24. The molecular formula is C12H13F3N2O. The maximum Gasteiger partial charge on any atom is 0.256 e. The topological polar surface area (TPSA) is 32.3 Å². The standard InChI is InChI=1S/C12H13F3N2O/c1-17(7-4-5-16-6-7)12(18)8-2-3-9(13)11(15)10(8)14/h2-3,7,16H,4-6H2,1H3. The van der Waals surface area contributed by atoms with E-state index >= 15 is 0 Å². The Morgan fingerprint density at radius 1 is 1.33 bits per heavy atom. The van der Waals surface area contributed by atoms with Gasteiger partial charge in [0.1, 0.15) is 0 Å². The molecule has 0 aromatic heterocycles. The summed E-state index contributed by atoms with van der Waals surface area (Å²) in [6.07, 6.45) is 0.757. The summed E-state index contributed by atoms with van der Waals surface area (Å²) >= 11 is 0. The van der Waals surface area contributed by atoms with Gasteiger partial charge in [0.15, 0.2) is 17.5 Å². The Labute approximate surface area is 103 Å². The van der Waals surface area contributed by atoms with Crippen molar-refractivity contribution in [2.45, 2.75) is 12.5 Å². The monoisotopic (exact) mass is 258 g/mol. The first kappa shape index (κ1) is 12.9. The second-order valence-corrected chi connectivity index (χ2v) is 4.29. The van der Waals surface area contributed by atoms with Gasteiger partial charge in [-0.1, -0.05) is 0 Å². The average Bonchev–Trinajstić information content (AvgIpc) is 2.88. The summed E-state index contributed by atoms with van der Waals surface area (Å²) in [5.41, 5.74) is -0.441. The molecule has 2 rings (SSSR count). The number of carbonyl (C=O) groups excluding carboxylic acids is 1. The van der Waals surface area contributed by atoms with E-state index in [2.05, 4.69) is 5.32 Å². The molecule has 1 aromatic carbocycles. The molecule has 1 saturated heterocycles. The highest BCUT2D eigenvalue weighted by atomic mass is 19.2. The van der Waals surface area contributed by atoms with Crippen LogP contribution in [-0.4, -0.2) is 37.0 Å². The Morgan fingerprint density at radius 2 is 2.06 bits per heavy atom. The molecule has 1 aliphatic rings. The number of hydrogen-bond donors (Lipinski definition) is 1. The number of rotatable bonds is 2. The van der Waals surface area contributed by atoms with Crippen LogP contribution >= 0.6 is 0 Å². The molecule has 1 heterocycles. The number of amides is 1. The molecule has 3 nitrogen and oxygen atoms in total. The molecule has 1 aromatic rings. The molecule has 1 atom stereocenters. The minimum absolute atomic E-state index is 0.0509. The summed E-state index contributed by atoms with van der Waals surface area (Å²) in [6.45, 7) is 1.40. The highest BCUT2D eigenvalue weighted by molar-refractivity contribution is 5.94. The minimum Gasteiger partial charge on any atom is -0.337 e. The zero-order valence-corrected chi connectivity index (χ0v) is 9.84. The van der Waals surface area contributed by atoms with Crippen molar-refractivity contribution in [1.82, 2.24) is 10.2 Å². The van der Waals surface area contributed by atoms with Crippen LogP contribution in [-0.2, 0) is 0 Å². The maximum absolute atomic E-state index is 13.5. The van der Waals surface area contributed by atoms with E-state index in [9.17, 15) is 18.0 Å². The fourth-order valence-corrected chi connectivity index (χ4v) is 2.02. The number of likely N-dealkylation sites (N-methyl/N-ethyl adjacent to an activating group) is 1. The highest BCUT2D eigenvalue weighted by Gasteiger charge is 2.27. The first-order valence-corrected chi connectivity index (χ1v) is 5.63. The van der Waals surface area contributed by atoms with Crippen LogP contribution in [0.15, 0.2) is 12.1 Å². The van der Waals surface area contributed by atoms with E-state index < -0.39 is 28.9 Å². The van der Waals surface area contributed by atoms with Crippen molar-refractivity contribution in [1.29, 1.82) is 0 Å². The third kappa shape index (κ3) is 2.20. The summed E-state index contributed by atoms with van der Waals surface area (Å²) < 4.78 is 39.3. The molecule has 1 fully saturated rings. The molecule has 1 unspecified atom stereocenters. The number of nitrogens with zero attached hydrogens (tertiary/aromatic N) is 1. The lowest BCUT2D eigenvalue weighted by molar-refractivity contribution is 0.0737. The molecule has 98 valence electrons. The maximum atomic E-state index is 13.5. The van der Waals surface area contributed by atoms with Crippen molar-refractivity contribution in [2.75, 3.05) is 20.1 Å². The van der Waals surface area contributed by atoms with E-state index in [1.807, 2.05) is 0 Å². The van der Waals surface area contributed by atoms with Crippen LogP contribution in [0.1, 0.15) is 16.8 Å². The molecule has 1 N–H and O–H groups in total. The van der Waals surface area contributed by atoms with Gasteiger partial charge in [-0.15, -0.1) is 0 Å². The van der Waals surface area contributed by atoms with Crippen molar-refractivity contribution in [3.63, 3.8) is 0 Å². The van der Waals surface area contributed by atoms with Crippen molar-refractivity contribution in [3.05, 3.63) is 35.1 Å². The summed E-state index contributed by atoms with van der Waals surface area (Å²) in [7, 11) is 1.53. The molecule has 0 bridgehead atoms. The van der Waals surface area contributed by atoms with E-state index in [0.717, 1.165) is 25.1 Å². The quantitative estimate of drug-likeness (QED) is 0.816. The van der Waals surface area contributed by atoms with Gasteiger partial charge < -0.3 is 10.2 Å². The van der Waals surface area contributed by atoms with Gasteiger partial charge in [0.05, 0.1) is 5.56 Å². The molecule has 1 amide bonds. The number of hydrogen-bond acceptors (Lipinski definition) is 2. The summed E-state index contributed by atoms with van der Waals surface area (Å²) in [5, 5.41) is 3.07. The van der Waals surface area contributed by atoms with E-state index in [0.29, 0.717) is 6.54 Å². The van der Waals surface area contributed by atoms with Crippen LogP contribution in [0.5, 0.6) is 0 Å². The fourth-order valence-electron chi connectivity index (χ4n) is 2.02. The number of nitrogens with one attached hydrogen (secondary N) is 1. The third-order valence-electron chi connectivity index (χ3n) is 3.17. The Bertz CT molecular complexity index is 473. The van der Waals surface area contributed by atoms with Gasteiger partial charge in [-0.05, 0) is 25.1 Å². The van der Waals surface area contributed by atoms with Gasteiger partial charge in [-0.3, -0.25) is 4.79 Å². The van der Waals surface area contributed by atoms with E-state index in [1.54, 1.807) is 0 Å². The Hall–Kier alpha value is -1.56. The van der Waals surface area contributed by atoms with E-state index in [1.165, 1.54) is 11.9 Å². The molecule has 0 spiro atoms. The lowest BCUT2D eigenvalue weighted by Crippen LogP contribution is -2.38. The molecular weight excluding hydrogens is 245 g/mol. The predicted octanol–water partition coefficient (Wildman–Crippen LogP) is 1.54. The summed E-state index contributed by atoms with van der Waals surface area (Å²) in [4.78, 5) is 13.3.